The van der Waals surface area contributed by atoms with Gasteiger partial charge in [-0.15, -0.1) is 0 Å². The molecule has 0 aliphatic carbocycles. The molecular formula is C21H30N6O. The largest absolute Gasteiger partial charge is 0.347 e. The normalized spacial score (nSPS) is 20.1. The number of benzene rings is 1. The molecule has 2 unspecified atom stereocenters. The Labute approximate surface area is 166 Å². The van der Waals surface area contributed by atoms with E-state index < -0.39 is 0 Å². The third-order valence-corrected chi connectivity index (χ3v) is 5.36. The zero-order chi connectivity index (χ0) is 19.9. The summed E-state index contributed by atoms with van der Waals surface area (Å²) in [6, 6.07) is 8.29. The predicted octanol–water partition coefficient (Wildman–Crippen LogP) is 2.54. The van der Waals surface area contributed by atoms with E-state index in [9.17, 15) is 4.79 Å². The van der Waals surface area contributed by atoms with Gasteiger partial charge in [0.1, 0.15) is 0 Å². The van der Waals surface area contributed by atoms with E-state index in [-0.39, 0.29) is 12.5 Å². The van der Waals surface area contributed by atoms with Gasteiger partial charge >= 0.3 is 0 Å². The van der Waals surface area contributed by atoms with Crippen molar-refractivity contribution >= 4 is 17.6 Å². The number of amides is 1. The summed E-state index contributed by atoms with van der Waals surface area (Å²) in [5.41, 5.74) is 2.03. The van der Waals surface area contributed by atoms with E-state index in [4.69, 9.17) is 0 Å². The predicted molar refractivity (Wildman–Crippen MR) is 112 cm³/mol. The molecule has 7 nitrogen and oxygen atoms in total. The Bertz CT molecular complexity index is 801. The molecule has 0 bridgehead atoms. The van der Waals surface area contributed by atoms with Gasteiger partial charge in [-0.3, -0.25) is 9.79 Å². The Balaban J connectivity index is 1.56. The van der Waals surface area contributed by atoms with E-state index >= 15 is 0 Å². The van der Waals surface area contributed by atoms with Gasteiger partial charge in [-0.1, -0.05) is 26.0 Å². The zero-order valence-corrected chi connectivity index (χ0v) is 16.9. The van der Waals surface area contributed by atoms with E-state index in [0.29, 0.717) is 12.0 Å². The van der Waals surface area contributed by atoms with Crippen molar-refractivity contribution in [2.75, 3.05) is 32.0 Å². The van der Waals surface area contributed by atoms with Gasteiger partial charge in [-0.2, -0.15) is 0 Å². The van der Waals surface area contributed by atoms with Crippen LogP contribution in [0.5, 0.6) is 0 Å². The number of nitrogens with zero attached hydrogens (tertiary/aromatic N) is 4. The van der Waals surface area contributed by atoms with Crippen LogP contribution in [0, 0.1) is 5.92 Å². The zero-order valence-electron chi connectivity index (χ0n) is 16.9. The molecule has 0 spiro atoms. The quantitative estimate of drug-likeness (QED) is 0.616. The number of piperidine rings is 1. The maximum Gasteiger partial charge on any atom is 0.243 e. The molecule has 0 radical (unpaired) electrons. The fraction of sp³-hybridized carbons (Fsp3) is 0.476. The highest BCUT2D eigenvalue weighted by atomic mass is 16.1. The summed E-state index contributed by atoms with van der Waals surface area (Å²) in [6.07, 6.45) is 7.72. The number of nitrogens with one attached hydrogen (secondary N) is 2. The molecule has 2 atom stereocenters. The molecule has 1 fully saturated rings. The number of aryl methyl sites for hydroxylation is 1. The molecule has 1 aliphatic heterocycles. The Morgan fingerprint density at radius 1 is 1.39 bits per heavy atom. The lowest BCUT2D eigenvalue weighted by Crippen LogP contribution is -2.50. The van der Waals surface area contributed by atoms with Crippen LogP contribution >= 0.6 is 0 Å². The van der Waals surface area contributed by atoms with Crippen LogP contribution in [0.2, 0.25) is 0 Å². The van der Waals surface area contributed by atoms with Gasteiger partial charge in [-0.05, 0) is 36.5 Å². The molecule has 1 saturated heterocycles. The topological polar surface area (TPSA) is 74.6 Å². The fourth-order valence-electron chi connectivity index (χ4n) is 3.66. The van der Waals surface area contributed by atoms with Gasteiger partial charge in [0.05, 0.1) is 18.9 Å². The van der Waals surface area contributed by atoms with Crippen molar-refractivity contribution in [3.05, 3.63) is 48.5 Å². The summed E-state index contributed by atoms with van der Waals surface area (Å²) in [6.45, 7) is 6.33. The minimum absolute atomic E-state index is 0.0778. The molecule has 150 valence electrons. The number of rotatable bonds is 5. The number of aliphatic imine (C=N–C) groups is 1. The number of anilines is 1. The van der Waals surface area contributed by atoms with Crippen LogP contribution in [0.4, 0.5) is 5.69 Å². The lowest BCUT2D eigenvalue weighted by atomic mass is 9.93. The Hall–Kier alpha value is -2.83. The second-order valence-corrected chi connectivity index (χ2v) is 7.29. The molecule has 2 aromatic rings. The highest BCUT2D eigenvalue weighted by Crippen LogP contribution is 2.27. The molecular weight excluding hydrogens is 352 g/mol. The number of carbonyl (C=O) groups excluding carboxylic acids is 1. The van der Waals surface area contributed by atoms with Gasteiger partial charge in [-0.25, -0.2) is 4.98 Å². The first-order valence-corrected chi connectivity index (χ1v) is 9.92. The molecule has 1 aromatic heterocycles. The van der Waals surface area contributed by atoms with Crippen molar-refractivity contribution in [3.63, 3.8) is 0 Å². The number of aromatic nitrogens is 2. The van der Waals surface area contributed by atoms with Crippen LogP contribution in [-0.4, -0.2) is 53.0 Å². The van der Waals surface area contributed by atoms with Crippen molar-refractivity contribution < 1.29 is 4.79 Å². The highest BCUT2D eigenvalue weighted by molar-refractivity contribution is 5.95. The fourth-order valence-corrected chi connectivity index (χ4v) is 3.66. The first-order chi connectivity index (χ1) is 13.6. The maximum atomic E-state index is 12.4. The van der Waals surface area contributed by atoms with Crippen LogP contribution in [0.1, 0.15) is 31.9 Å². The SMILES string of the molecule is CCc1cccc(NC(=O)CNC(=NC)N2CCC(C)C(n3ccnc3)C2)c1. The molecule has 28 heavy (non-hydrogen) atoms. The van der Waals surface area contributed by atoms with Crippen LogP contribution in [0.25, 0.3) is 0 Å². The molecule has 1 amide bonds. The minimum atomic E-state index is -0.0778. The Kier molecular flexibility index (Phi) is 6.68. The van der Waals surface area contributed by atoms with Gasteiger partial charge in [0, 0.05) is 38.2 Å². The molecule has 3 rings (SSSR count). The van der Waals surface area contributed by atoms with Gasteiger partial charge in [0.2, 0.25) is 5.91 Å². The van der Waals surface area contributed by atoms with Crippen molar-refractivity contribution in [1.29, 1.82) is 0 Å². The molecule has 1 aliphatic rings. The van der Waals surface area contributed by atoms with Crippen LogP contribution in [0.3, 0.4) is 0 Å². The average molecular weight is 383 g/mol. The number of hydrogen-bond acceptors (Lipinski definition) is 3. The molecule has 2 N–H and O–H groups in total. The number of carbonyl (C=O) groups is 1. The maximum absolute atomic E-state index is 12.4. The third kappa shape index (κ3) is 4.91. The summed E-state index contributed by atoms with van der Waals surface area (Å²) in [5, 5.41) is 6.16. The standard InChI is InChI=1S/C21H30N6O/c1-4-17-6-5-7-18(12-17)25-20(28)13-24-21(22-3)26-10-8-16(2)19(14-26)27-11-9-23-15-27/h5-7,9,11-12,15-16,19H,4,8,10,13-14H2,1-3H3,(H,22,24)(H,25,28). The van der Waals surface area contributed by atoms with E-state index in [2.05, 4.69) is 50.0 Å². The van der Waals surface area contributed by atoms with Crippen molar-refractivity contribution in [2.45, 2.75) is 32.7 Å². The molecule has 0 saturated carbocycles. The monoisotopic (exact) mass is 382 g/mol. The second-order valence-electron chi connectivity index (χ2n) is 7.29. The highest BCUT2D eigenvalue weighted by Gasteiger charge is 2.29. The number of hydrogen-bond donors (Lipinski definition) is 2. The van der Waals surface area contributed by atoms with Crippen LogP contribution in [-0.2, 0) is 11.2 Å². The average Bonchev–Trinajstić information content (AvgIpc) is 3.24. The van der Waals surface area contributed by atoms with Gasteiger partial charge in [0.15, 0.2) is 5.96 Å². The van der Waals surface area contributed by atoms with Gasteiger partial charge in [0.25, 0.3) is 0 Å². The van der Waals surface area contributed by atoms with E-state index in [1.807, 2.05) is 36.9 Å². The Morgan fingerprint density at radius 3 is 2.96 bits per heavy atom. The molecule has 1 aromatic carbocycles. The van der Waals surface area contributed by atoms with Crippen molar-refractivity contribution in [2.24, 2.45) is 10.9 Å². The summed E-state index contributed by atoms with van der Waals surface area (Å²) < 4.78 is 2.16. The minimum Gasteiger partial charge on any atom is -0.347 e. The van der Waals surface area contributed by atoms with Crippen LogP contribution < -0.4 is 10.6 Å². The van der Waals surface area contributed by atoms with Gasteiger partial charge < -0.3 is 20.1 Å². The van der Waals surface area contributed by atoms with Crippen molar-refractivity contribution in [3.8, 4) is 0 Å². The van der Waals surface area contributed by atoms with E-state index in [1.165, 1.54) is 5.56 Å². The number of guanidine groups is 1. The Morgan fingerprint density at radius 2 is 2.25 bits per heavy atom. The summed E-state index contributed by atoms with van der Waals surface area (Å²) in [7, 11) is 1.76. The molecule has 7 heteroatoms. The second kappa shape index (κ2) is 9.39. The lowest BCUT2D eigenvalue weighted by Gasteiger charge is -2.39. The smallest absolute Gasteiger partial charge is 0.243 e. The lowest BCUT2D eigenvalue weighted by molar-refractivity contribution is -0.115. The first-order valence-electron chi connectivity index (χ1n) is 9.92. The molecule has 2 heterocycles. The summed E-state index contributed by atoms with van der Waals surface area (Å²) in [5.74, 6) is 1.25. The van der Waals surface area contributed by atoms with E-state index in [1.54, 1.807) is 7.05 Å². The van der Waals surface area contributed by atoms with E-state index in [0.717, 1.165) is 37.6 Å². The number of likely N-dealkylation sites (tertiary alicyclic amines) is 1. The van der Waals surface area contributed by atoms with Crippen LogP contribution in [0.15, 0.2) is 48.0 Å². The summed E-state index contributed by atoms with van der Waals surface area (Å²) >= 11 is 0. The third-order valence-electron chi connectivity index (χ3n) is 5.36. The summed E-state index contributed by atoms with van der Waals surface area (Å²) in [4.78, 5) is 23.1. The number of imidazole rings is 1. The van der Waals surface area contributed by atoms with Crippen molar-refractivity contribution in [1.82, 2.24) is 19.8 Å². The first kappa shape index (κ1) is 19.9.